The van der Waals surface area contributed by atoms with Crippen LogP contribution in [0.2, 0.25) is 0 Å². The lowest BCUT2D eigenvalue weighted by atomic mass is 9.98. The van der Waals surface area contributed by atoms with Gasteiger partial charge in [0.2, 0.25) is 0 Å². The zero-order valence-corrected chi connectivity index (χ0v) is 5.47. The summed E-state index contributed by atoms with van der Waals surface area (Å²) in [5.41, 5.74) is -0.409. The minimum atomic E-state index is -0.664. The van der Waals surface area contributed by atoms with Gasteiger partial charge >= 0.3 is 0 Å². The van der Waals surface area contributed by atoms with Crippen LogP contribution >= 0.6 is 0 Å². The van der Waals surface area contributed by atoms with Crippen LogP contribution in [-0.4, -0.2) is 12.4 Å². The lowest BCUT2D eigenvalue weighted by Crippen LogP contribution is -2.23. The van der Waals surface area contributed by atoms with Crippen LogP contribution in [0.25, 0.3) is 0 Å². The van der Waals surface area contributed by atoms with Crippen LogP contribution in [0.3, 0.4) is 0 Å². The summed E-state index contributed by atoms with van der Waals surface area (Å²) in [5.74, 6) is -0.664. The molecule has 50 valence electrons. The second kappa shape index (κ2) is 2.29. The van der Waals surface area contributed by atoms with Gasteiger partial charge < -0.3 is 4.57 Å². The first-order chi connectivity index (χ1) is 4.61. The molecule has 0 aromatic carbocycles. The van der Waals surface area contributed by atoms with Crippen molar-refractivity contribution >= 4 is 13.3 Å². The summed E-state index contributed by atoms with van der Waals surface area (Å²) in [6.07, 6.45) is 1.25. The van der Waals surface area contributed by atoms with Gasteiger partial charge in [0.05, 0.1) is 0 Å². The highest BCUT2D eigenvalue weighted by molar-refractivity contribution is 6.32. The molecule has 0 amide bonds. The Hall–Kier alpha value is -1.06. The van der Waals surface area contributed by atoms with Gasteiger partial charge in [0.1, 0.15) is 13.7 Å². The highest BCUT2D eigenvalue weighted by Crippen LogP contribution is 1.83. The molecule has 2 radical (unpaired) electrons. The Kier molecular flexibility index (Phi) is 1.61. The lowest BCUT2D eigenvalue weighted by molar-refractivity contribution is 0.626. The Morgan fingerprint density at radius 3 is 2.80 bits per heavy atom. The Bertz CT molecular complexity index is 307. The third kappa shape index (κ3) is 1.10. The highest BCUT2D eigenvalue weighted by Gasteiger charge is 1.97. The Morgan fingerprint density at radius 2 is 2.30 bits per heavy atom. The molecule has 0 bridgehead atoms. The van der Waals surface area contributed by atoms with Gasteiger partial charge in [-0.3, -0.25) is 4.79 Å². The van der Waals surface area contributed by atoms with Gasteiger partial charge in [0, 0.05) is 19.3 Å². The average molecular weight is 137 g/mol. The summed E-state index contributed by atoms with van der Waals surface area (Å²) in [6, 6.07) is 0.856. The first-order valence-corrected chi connectivity index (χ1v) is 2.73. The van der Waals surface area contributed by atoms with Crippen LogP contribution in [0.5, 0.6) is 0 Å². The predicted octanol–water partition coefficient (Wildman–Crippen LogP) is -0.682. The van der Waals surface area contributed by atoms with Gasteiger partial charge in [-0.05, 0) is 5.46 Å². The molecule has 1 aromatic rings. The molecular weight excluding hydrogens is 132 g/mol. The van der Waals surface area contributed by atoms with Crippen molar-refractivity contribution in [2.45, 2.75) is 0 Å². The van der Waals surface area contributed by atoms with Gasteiger partial charge in [-0.2, -0.15) is 0 Å². The number of aromatic nitrogens is 1. The molecule has 1 heterocycles. The topological polar surface area (TPSA) is 22.0 Å². The zero-order valence-electron chi connectivity index (χ0n) is 5.47. The number of pyridine rings is 1. The van der Waals surface area contributed by atoms with Crippen molar-refractivity contribution in [2.75, 3.05) is 0 Å². The monoisotopic (exact) mass is 137 g/mol. The Labute approximate surface area is 58.7 Å². The van der Waals surface area contributed by atoms with Gasteiger partial charge in [0.25, 0.3) is 5.56 Å². The first kappa shape index (κ1) is 7.06. The van der Waals surface area contributed by atoms with Crippen LogP contribution in [0.15, 0.2) is 17.1 Å². The number of rotatable bonds is 0. The van der Waals surface area contributed by atoms with Crippen molar-refractivity contribution in [2.24, 2.45) is 7.05 Å². The summed E-state index contributed by atoms with van der Waals surface area (Å²) < 4.78 is 13.6. The van der Waals surface area contributed by atoms with E-state index in [1.54, 1.807) is 0 Å². The fourth-order valence-corrected chi connectivity index (χ4v) is 0.627. The van der Waals surface area contributed by atoms with Crippen molar-refractivity contribution in [3.05, 3.63) is 28.4 Å². The second-order valence-electron chi connectivity index (χ2n) is 2.03. The summed E-state index contributed by atoms with van der Waals surface area (Å²) in [7, 11) is 6.67. The molecule has 0 aliphatic heterocycles. The van der Waals surface area contributed by atoms with E-state index in [2.05, 4.69) is 0 Å². The van der Waals surface area contributed by atoms with Gasteiger partial charge in [0.15, 0.2) is 0 Å². The second-order valence-corrected chi connectivity index (χ2v) is 2.03. The maximum Gasteiger partial charge on any atom is 0.253 e. The molecule has 0 spiro atoms. The molecule has 0 aliphatic carbocycles. The van der Waals surface area contributed by atoms with Gasteiger partial charge in [-0.15, -0.1) is 0 Å². The minimum Gasteiger partial charge on any atom is -0.319 e. The van der Waals surface area contributed by atoms with E-state index in [0.29, 0.717) is 0 Å². The quantitative estimate of drug-likeness (QED) is 0.434. The first-order valence-electron chi connectivity index (χ1n) is 2.73. The zero-order chi connectivity index (χ0) is 7.72. The van der Waals surface area contributed by atoms with Crippen molar-refractivity contribution in [1.82, 2.24) is 4.57 Å². The molecule has 0 unspecified atom stereocenters. The van der Waals surface area contributed by atoms with E-state index in [1.165, 1.54) is 17.8 Å². The lowest BCUT2D eigenvalue weighted by Gasteiger charge is -1.98. The summed E-state index contributed by atoms with van der Waals surface area (Å²) >= 11 is 0. The van der Waals surface area contributed by atoms with E-state index >= 15 is 0 Å². The number of hydrogen-bond acceptors (Lipinski definition) is 1. The third-order valence-electron chi connectivity index (χ3n) is 1.21. The van der Waals surface area contributed by atoms with Crippen LogP contribution in [0.1, 0.15) is 0 Å². The van der Waals surface area contributed by atoms with Crippen LogP contribution in [-0.2, 0) is 7.05 Å². The number of aryl methyl sites for hydroxylation is 1. The van der Waals surface area contributed by atoms with Crippen molar-refractivity contribution in [1.29, 1.82) is 0 Å². The SMILES string of the molecule is [B]c1cn(C)c(=O)cc1F. The molecule has 0 saturated heterocycles. The normalized spacial score (nSPS) is 9.80. The third-order valence-corrected chi connectivity index (χ3v) is 1.21. The van der Waals surface area contributed by atoms with Crippen molar-refractivity contribution in [3.8, 4) is 0 Å². The van der Waals surface area contributed by atoms with Crippen molar-refractivity contribution in [3.63, 3.8) is 0 Å². The standard InChI is InChI=1S/C6H5BFNO/c1-9-3-4(7)5(8)2-6(9)10/h2-3H,1H3. The summed E-state index contributed by atoms with van der Waals surface area (Å²) in [5, 5.41) is 0. The number of hydrogen-bond donors (Lipinski definition) is 0. The molecule has 0 N–H and O–H groups in total. The smallest absolute Gasteiger partial charge is 0.253 e. The molecule has 0 atom stereocenters. The minimum absolute atomic E-state index is 0.0119. The van der Waals surface area contributed by atoms with Crippen LogP contribution in [0, 0.1) is 5.82 Å². The molecule has 0 saturated carbocycles. The fraction of sp³-hybridized carbons (Fsp3) is 0.167. The molecular formula is C6H5BFNO. The molecule has 2 nitrogen and oxygen atoms in total. The maximum absolute atomic E-state index is 12.4. The maximum atomic E-state index is 12.4. The van der Waals surface area contributed by atoms with E-state index in [-0.39, 0.29) is 5.46 Å². The molecule has 1 rings (SSSR count). The van der Waals surface area contributed by atoms with Crippen LogP contribution < -0.4 is 11.0 Å². The molecule has 1 aromatic heterocycles. The van der Waals surface area contributed by atoms with Gasteiger partial charge in [-0.25, -0.2) is 4.39 Å². The highest BCUT2D eigenvalue weighted by atomic mass is 19.1. The largest absolute Gasteiger partial charge is 0.319 e. The average Bonchev–Trinajstić information content (AvgIpc) is 1.84. The number of halogens is 1. The van der Waals surface area contributed by atoms with Crippen molar-refractivity contribution < 1.29 is 4.39 Å². The molecule has 0 fully saturated rings. The van der Waals surface area contributed by atoms with Gasteiger partial charge in [-0.1, -0.05) is 0 Å². The molecule has 0 aliphatic rings. The Morgan fingerprint density at radius 1 is 1.70 bits per heavy atom. The summed E-state index contributed by atoms with van der Waals surface area (Å²) in [6.45, 7) is 0. The van der Waals surface area contributed by atoms with E-state index in [1.807, 2.05) is 0 Å². The van der Waals surface area contributed by atoms with E-state index in [4.69, 9.17) is 7.85 Å². The Balaban J connectivity index is 3.43. The van der Waals surface area contributed by atoms with E-state index < -0.39 is 11.4 Å². The summed E-state index contributed by atoms with van der Waals surface area (Å²) in [4.78, 5) is 10.7. The van der Waals surface area contributed by atoms with E-state index in [9.17, 15) is 9.18 Å². The predicted molar refractivity (Wildman–Crippen MR) is 37.0 cm³/mol. The number of nitrogens with zero attached hydrogens (tertiary/aromatic N) is 1. The molecule has 10 heavy (non-hydrogen) atoms. The fourth-order valence-electron chi connectivity index (χ4n) is 0.627. The van der Waals surface area contributed by atoms with E-state index in [0.717, 1.165) is 6.07 Å². The van der Waals surface area contributed by atoms with Crippen LogP contribution in [0.4, 0.5) is 4.39 Å². The molecule has 4 heteroatoms.